The van der Waals surface area contributed by atoms with Crippen molar-refractivity contribution in [2.75, 3.05) is 34.5 Å². The third-order valence-corrected chi connectivity index (χ3v) is 4.43. The third kappa shape index (κ3) is 5.60. The van der Waals surface area contributed by atoms with Gasteiger partial charge in [0.1, 0.15) is 29.5 Å². The summed E-state index contributed by atoms with van der Waals surface area (Å²) < 4.78 is 33.1. The second-order valence-electron chi connectivity index (χ2n) is 6.26. The molecule has 146 valence electrons. The van der Waals surface area contributed by atoms with Crippen molar-refractivity contribution < 1.29 is 28.4 Å². The topological polar surface area (TPSA) is 58.7 Å². The van der Waals surface area contributed by atoms with Gasteiger partial charge in [-0.25, -0.2) is 0 Å². The highest BCUT2D eigenvalue weighted by Crippen LogP contribution is 2.26. The fraction of sp³-hybridized carbons (Fsp3) is 0.429. The molecule has 0 bridgehead atoms. The number of benzene rings is 2. The van der Waals surface area contributed by atoms with Gasteiger partial charge >= 0.3 is 0 Å². The molecule has 0 N–H and O–H groups in total. The van der Waals surface area contributed by atoms with E-state index < -0.39 is 0 Å². The Bertz CT molecular complexity index is 711. The first-order chi connectivity index (χ1) is 13.2. The molecule has 0 aromatic heterocycles. The Balaban J connectivity index is 1.50. The van der Waals surface area contributed by atoms with Gasteiger partial charge in [0.05, 0.1) is 47.8 Å². The Morgan fingerprint density at radius 3 is 2.26 bits per heavy atom. The lowest BCUT2D eigenvalue weighted by Crippen LogP contribution is -2.26. The number of rotatable bonds is 11. The first kappa shape index (κ1) is 19.5. The molecule has 2 atom stereocenters. The van der Waals surface area contributed by atoms with Gasteiger partial charge in [0.15, 0.2) is 0 Å². The molecule has 6 nitrogen and oxygen atoms in total. The summed E-state index contributed by atoms with van der Waals surface area (Å²) >= 11 is 0. The summed E-state index contributed by atoms with van der Waals surface area (Å²) in [5, 5.41) is 0. The zero-order valence-electron chi connectivity index (χ0n) is 16.0. The molecule has 1 saturated heterocycles. The molecule has 0 unspecified atom stereocenters. The van der Waals surface area contributed by atoms with E-state index in [9.17, 15) is 0 Å². The van der Waals surface area contributed by atoms with Gasteiger partial charge in [-0.05, 0) is 29.8 Å². The SMILES string of the molecule is COc1ccc(CO[C@H](COCc2ccc(OC)cc2OC)[C@H]2CO2)cc1. The van der Waals surface area contributed by atoms with Crippen LogP contribution in [0.15, 0.2) is 42.5 Å². The van der Waals surface area contributed by atoms with E-state index in [-0.39, 0.29) is 12.2 Å². The second kappa shape index (κ2) is 9.60. The highest BCUT2D eigenvalue weighted by Gasteiger charge is 2.33. The third-order valence-electron chi connectivity index (χ3n) is 4.43. The summed E-state index contributed by atoms with van der Waals surface area (Å²) in [4.78, 5) is 0. The van der Waals surface area contributed by atoms with E-state index in [2.05, 4.69) is 0 Å². The van der Waals surface area contributed by atoms with Crippen molar-refractivity contribution in [3.05, 3.63) is 53.6 Å². The molecule has 0 saturated carbocycles. The van der Waals surface area contributed by atoms with Crippen LogP contribution in [0.25, 0.3) is 0 Å². The lowest BCUT2D eigenvalue weighted by Gasteiger charge is -2.17. The Morgan fingerprint density at radius 2 is 1.63 bits per heavy atom. The Hall–Kier alpha value is -2.28. The number of methoxy groups -OCH3 is 3. The van der Waals surface area contributed by atoms with E-state index in [1.165, 1.54) is 0 Å². The van der Waals surface area contributed by atoms with E-state index in [0.29, 0.717) is 26.4 Å². The van der Waals surface area contributed by atoms with Crippen molar-refractivity contribution in [1.82, 2.24) is 0 Å². The highest BCUT2D eigenvalue weighted by molar-refractivity contribution is 5.40. The molecule has 0 radical (unpaired) electrons. The van der Waals surface area contributed by atoms with Gasteiger partial charge in [-0.1, -0.05) is 12.1 Å². The summed E-state index contributed by atoms with van der Waals surface area (Å²) in [6.45, 7) is 2.10. The standard InChI is InChI=1S/C21H26O6/c1-22-17-7-4-15(5-8-17)11-26-20(21-14-27-21)13-25-12-16-6-9-18(23-2)10-19(16)24-3/h4-10,20-21H,11-14H2,1-3H3/t20-,21-/m1/s1. The average molecular weight is 374 g/mol. The number of epoxide rings is 1. The van der Waals surface area contributed by atoms with Crippen LogP contribution in [0.1, 0.15) is 11.1 Å². The van der Waals surface area contributed by atoms with Gasteiger partial charge in [0.25, 0.3) is 0 Å². The van der Waals surface area contributed by atoms with Crippen molar-refractivity contribution in [2.24, 2.45) is 0 Å². The van der Waals surface area contributed by atoms with E-state index in [0.717, 1.165) is 28.4 Å². The molecule has 0 amide bonds. The lowest BCUT2D eigenvalue weighted by molar-refractivity contribution is -0.0420. The summed E-state index contributed by atoms with van der Waals surface area (Å²) in [7, 11) is 4.92. The minimum atomic E-state index is -0.101. The van der Waals surface area contributed by atoms with Crippen LogP contribution >= 0.6 is 0 Å². The zero-order chi connectivity index (χ0) is 19.1. The Labute approximate surface area is 159 Å². The van der Waals surface area contributed by atoms with Crippen molar-refractivity contribution in [3.63, 3.8) is 0 Å². The van der Waals surface area contributed by atoms with Crippen LogP contribution in [-0.2, 0) is 27.4 Å². The van der Waals surface area contributed by atoms with Gasteiger partial charge < -0.3 is 28.4 Å². The smallest absolute Gasteiger partial charge is 0.128 e. The van der Waals surface area contributed by atoms with E-state index in [1.54, 1.807) is 21.3 Å². The minimum Gasteiger partial charge on any atom is -0.497 e. The molecule has 6 heteroatoms. The van der Waals surface area contributed by atoms with Crippen molar-refractivity contribution in [2.45, 2.75) is 25.4 Å². The fourth-order valence-electron chi connectivity index (χ4n) is 2.71. The normalized spacial score (nSPS) is 16.6. The summed E-state index contributed by atoms with van der Waals surface area (Å²) in [6.07, 6.45) is -0.00245. The molecule has 3 rings (SSSR count). The molecule has 0 spiro atoms. The molecular formula is C21H26O6. The van der Waals surface area contributed by atoms with E-state index in [1.807, 2.05) is 42.5 Å². The van der Waals surface area contributed by atoms with Crippen LogP contribution in [0.4, 0.5) is 0 Å². The highest BCUT2D eigenvalue weighted by atomic mass is 16.6. The number of ether oxygens (including phenoxy) is 6. The van der Waals surface area contributed by atoms with Crippen LogP contribution < -0.4 is 14.2 Å². The van der Waals surface area contributed by atoms with Gasteiger partial charge in [-0.15, -0.1) is 0 Å². The first-order valence-corrected chi connectivity index (χ1v) is 8.88. The Morgan fingerprint density at radius 1 is 0.926 bits per heavy atom. The molecule has 1 aliphatic heterocycles. The van der Waals surface area contributed by atoms with Crippen LogP contribution in [0.5, 0.6) is 17.2 Å². The lowest BCUT2D eigenvalue weighted by atomic mass is 10.2. The van der Waals surface area contributed by atoms with E-state index in [4.69, 9.17) is 28.4 Å². The van der Waals surface area contributed by atoms with Crippen LogP contribution in [0.3, 0.4) is 0 Å². The molecule has 1 fully saturated rings. The summed E-state index contributed by atoms with van der Waals surface area (Å²) in [5.41, 5.74) is 2.04. The predicted octanol–water partition coefficient (Wildman–Crippen LogP) is 3.21. The van der Waals surface area contributed by atoms with Crippen LogP contribution in [-0.4, -0.2) is 46.8 Å². The molecule has 2 aromatic carbocycles. The molecular weight excluding hydrogens is 348 g/mol. The monoisotopic (exact) mass is 374 g/mol. The zero-order valence-corrected chi connectivity index (χ0v) is 16.0. The molecule has 27 heavy (non-hydrogen) atoms. The molecule has 1 aliphatic rings. The van der Waals surface area contributed by atoms with Crippen molar-refractivity contribution in [1.29, 1.82) is 0 Å². The molecule has 1 heterocycles. The maximum atomic E-state index is 6.01. The van der Waals surface area contributed by atoms with Gasteiger partial charge in [-0.2, -0.15) is 0 Å². The molecule has 2 aromatic rings. The van der Waals surface area contributed by atoms with Gasteiger partial charge in [0.2, 0.25) is 0 Å². The second-order valence-corrected chi connectivity index (χ2v) is 6.26. The Kier molecular flexibility index (Phi) is 6.92. The average Bonchev–Trinajstić information content (AvgIpc) is 3.56. The largest absolute Gasteiger partial charge is 0.497 e. The minimum absolute atomic E-state index is 0.0982. The number of hydrogen-bond donors (Lipinski definition) is 0. The predicted molar refractivity (Wildman–Crippen MR) is 101 cm³/mol. The summed E-state index contributed by atoms with van der Waals surface area (Å²) in [5.74, 6) is 2.33. The molecule has 0 aliphatic carbocycles. The van der Waals surface area contributed by atoms with Gasteiger partial charge in [0, 0.05) is 11.6 Å². The number of hydrogen-bond acceptors (Lipinski definition) is 6. The first-order valence-electron chi connectivity index (χ1n) is 8.88. The van der Waals surface area contributed by atoms with E-state index >= 15 is 0 Å². The summed E-state index contributed by atoms with van der Waals surface area (Å²) in [6, 6.07) is 13.5. The fourth-order valence-corrected chi connectivity index (χ4v) is 2.71. The van der Waals surface area contributed by atoms with Crippen molar-refractivity contribution >= 4 is 0 Å². The maximum absolute atomic E-state index is 6.01. The maximum Gasteiger partial charge on any atom is 0.128 e. The van der Waals surface area contributed by atoms with Crippen LogP contribution in [0, 0.1) is 0 Å². The van der Waals surface area contributed by atoms with Crippen LogP contribution in [0.2, 0.25) is 0 Å². The van der Waals surface area contributed by atoms with Gasteiger partial charge in [-0.3, -0.25) is 0 Å². The quantitative estimate of drug-likeness (QED) is 0.563. The van der Waals surface area contributed by atoms with Crippen molar-refractivity contribution in [3.8, 4) is 17.2 Å².